The lowest BCUT2D eigenvalue weighted by atomic mass is 10.2. The van der Waals surface area contributed by atoms with Crippen molar-refractivity contribution in [3.8, 4) is 5.88 Å². The molecular weight excluding hydrogens is 274 g/mol. The van der Waals surface area contributed by atoms with Gasteiger partial charge in [-0.05, 0) is 31.0 Å². The van der Waals surface area contributed by atoms with Gasteiger partial charge in [-0.3, -0.25) is 0 Å². The first kappa shape index (κ1) is 14.6. The molecule has 0 amide bonds. The number of hydrogen-bond acceptors (Lipinski definition) is 4. The van der Waals surface area contributed by atoms with Crippen LogP contribution in [0.15, 0.2) is 30.6 Å². The van der Waals surface area contributed by atoms with E-state index in [0.717, 1.165) is 34.9 Å². The molecule has 0 atom stereocenters. The predicted octanol–water partition coefficient (Wildman–Crippen LogP) is 3.70. The topological polar surface area (TPSA) is 47.0 Å². The van der Waals surface area contributed by atoms with Gasteiger partial charge in [0.1, 0.15) is 18.8 Å². The van der Waals surface area contributed by atoms with E-state index in [-0.39, 0.29) is 0 Å². The van der Waals surface area contributed by atoms with Gasteiger partial charge in [-0.15, -0.1) is 0 Å². The van der Waals surface area contributed by atoms with Gasteiger partial charge in [-0.2, -0.15) is 0 Å². The molecule has 4 nitrogen and oxygen atoms in total. The lowest BCUT2D eigenvalue weighted by molar-refractivity contribution is 0.290. The summed E-state index contributed by atoms with van der Waals surface area (Å²) >= 11 is 5.86. The zero-order valence-electron chi connectivity index (χ0n) is 11.7. The summed E-state index contributed by atoms with van der Waals surface area (Å²) in [5, 5.41) is 3.95. The van der Waals surface area contributed by atoms with Crippen LogP contribution in [0.2, 0.25) is 5.02 Å². The van der Waals surface area contributed by atoms with Gasteiger partial charge in [-0.25, -0.2) is 9.97 Å². The van der Waals surface area contributed by atoms with E-state index in [0.29, 0.717) is 12.5 Å². The molecule has 0 saturated heterocycles. The van der Waals surface area contributed by atoms with Crippen molar-refractivity contribution in [1.29, 1.82) is 0 Å². The number of nitrogens with one attached hydrogen (secondary N) is 1. The van der Waals surface area contributed by atoms with Gasteiger partial charge < -0.3 is 10.1 Å². The molecule has 0 aliphatic heterocycles. The number of ether oxygens (including phenoxy) is 1. The number of hydrogen-bond donors (Lipinski definition) is 1. The standard InChI is InChI=1S/C15H18ClN3O/c1-3-13-14(17-4-2)18-10-19-15(13)20-9-11-5-7-12(16)8-6-11/h5-8,10H,3-4,9H2,1-2H3,(H,17,18,19). The summed E-state index contributed by atoms with van der Waals surface area (Å²) in [6.45, 7) is 5.39. The summed E-state index contributed by atoms with van der Waals surface area (Å²) < 4.78 is 5.81. The van der Waals surface area contributed by atoms with Crippen molar-refractivity contribution in [3.63, 3.8) is 0 Å². The quantitative estimate of drug-likeness (QED) is 0.881. The summed E-state index contributed by atoms with van der Waals surface area (Å²) in [7, 11) is 0. The normalized spacial score (nSPS) is 10.3. The van der Waals surface area contributed by atoms with Crippen LogP contribution in [0.5, 0.6) is 5.88 Å². The summed E-state index contributed by atoms with van der Waals surface area (Å²) in [5.41, 5.74) is 2.06. The minimum absolute atomic E-state index is 0.465. The van der Waals surface area contributed by atoms with Crippen LogP contribution in [0.25, 0.3) is 0 Å². The second-order valence-corrected chi connectivity index (χ2v) is 4.74. The van der Waals surface area contributed by atoms with Gasteiger partial charge >= 0.3 is 0 Å². The molecule has 20 heavy (non-hydrogen) atoms. The number of benzene rings is 1. The molecular formula is C15H18ClN3O. The summed E-state index contributed by atoms with van der Waals surface area (Å²) in [4.78, 5) is 8.47. The minimum atomic E-state index is 0.465. The van der Waals surface area contributed by atoms with Gasteiger partial charge in [0.15, 0.2) is 0 Å². The van der Waals surface area contributed by atoms with Crippen molar-refractivity contribution in [2.75, 3.05) is 11.9 Å². The molecule has 2 rings (SSSR count). The zero-order chi connectivity index (χ0) is 14.4. The van der Waals surface area contributed by atoms with Gasteiger partial charge in [0.05, 0.1) is 5.56 Å². The minimum Gasteiger partial charge on any atom is -0.472 e. The highest BCUT2D eigenvalue weighted by Gasteiger charge is 2.10. The molecule has 1 aromatic carbocycles. The third kappa shape index (κ3) is 3.61. The Balaban J connectivity index is 2.12. The summed E-state index contributed by atoms with van der Waals surface area (Å²) in [5.74, 6) is 1.48. The third-order valence-corrected chi connectivity index (χ3v) is 3.14. The lowest BCUT2D eigenvalue weighted by Gasteiger charge is -2.13. The van der Waals surface area contributed by atoms with Gasteiger partial charge in [0.25, 0.3) is 0 Å². The average molecular weight is 292 g/mol. The van der Waals surface area contributed by atoms with E-state index < -0.39 is 0 Å². The second kappa shape index (κ2) is 7.10. The van der Waals surface area contributed by atoms with Gasteiger partial charge in [0.2, 0.25) is 5.88 Å². The Bertz CT molecular complexity index is 558. The first-order chi connectivity index (χ1) is 9.74. The molecule has 0 saturated carbocycles. The fraction of sp³-hybridized carbons (Fsp3) is 0.333. The number of halogens is 1. The molecule has 1 N–H and O–H groups in total. The number of aromatic nitrogens is 2. The first-order valence-electron chi connectivity index (χ1n) is 6.69. The third-order valence-electron chi connectivity index (χ3n) is 2.89. The summed E-state index contributed by atoms with van der Waals surface area (Å²) in [6.07, 6.45) is 2.34. The van der Waals surface area contributed by atoms with E-state index in [9.17, 15) is 0 Å². The van der Waals surface area contributed by atoms with E-state index >= 15 is 0 Å². The van der Waals surface area contributed by atoms with E-state index in [2.05, 4.69) is 22.2 Å². The molecule has 0 spiro atoms. The highest BCUT2D eigenvalue weighted by atomic mass is 35.5. The predicted molar refractivity (Wildman–Crippen MR) is 81.4 cm³/mol. The van der Waals surface area contributed by atoms with Crippen molar-refractivity contribution in [1.82, 2.24) is 9.97 Å². The maximum Gasteiger partial charge on any atom is 0.222 e. The van der Waals surface area contributed by atoms with Gasteiger partial charge in [0, 0.05) is 11.6 Å². The second-order valence-electron chi connectivity index (χ2n) is 4.31. The number of rotatable bonds is 6. The zero-order valence-corrected chi connectivity index (χ0v) is 12.4. The van der Waals surface area contributed by atoms with E-state index in [1.54, 1.807) is 0 Å². The fourth-order valence-corrected chi connectivity index (χ4v) is 2.02. The van der Waals surface area contributed by atoms with Crippen LogP contribution >= 0.6 is 11.6 Å². The Morgan fingerprint density at radius 3 is 2.55 bits per heavy atom. The van der Waals surface area contributed by atoms with Crippen molar-refractivity contribution < 1.29 is 4.74 Å². The maximum atomic E-state index is 5.86. The largest absolute Gasteiger partial charge is 0.472 e. The van der Waals surface area contributed by atoms with Crippen LogP contribution in [0.3, 0.4) is 0 Å². The SMILES string of the molecule is CCNc1ncnc(OCc2ccc(Cl)cc2)c1CC. The summed E-state index contributed by atoms with van der Waals surface area (Å²) in [6, 6.07) is 7.59. The highest BCUT2D eigenvalue weighted by molar-refractivity contribution is 6.30. The lowest BCUT2D eigenvalue weighted by Crippen LogP contribution is -2.07. The first-order valence-corrected chi connectivity index (χ1v) is 7.07. The Morgan fingerprint density at radius 1 is 1.15 bits per heavy atom. The van der Waals surface area contributed by atoms with Crippen molar-refractivity contribution in [3.05, 3.63) is 46.7 Å². The van der Waals surface area contributed by atoms with Crippen molar-refractivity contribution in [2.24, 2.45) is 0 Å². The number of nitrogens with zero attached hydrogens (tertiary/aromatic N) is 2. The Morgan fingerprint density at radius 2 is 1.90 bits per heavy atom. The Hall–Kier alpha value is -1.81. The van der Waals surface area contributed by atoms with Crippen LogP contribution in [-0.2, 0) is 13.0 Å². The van der Waals surface area contributed by atoms with Crippen LogP contribution in [0.4, 0.5) is 5.82 Å². The van der Waals surface area contributed by atoms with Crippen LogP contribution in [0, 0.1) is 0 Å². The Kier molecular flexibility index (Phi) is 5.18. The average Bonchev–Trinajstić information content (AvgIpc) is 2.47. The molecule has 5 heteroatoms. The van der Waals surface area contributed by atoms with Crippen LogP contribution in [0.1, 0.15) is 25.0 Å². The smallest absolute Gasteiger partial charge is 0.222 e. The molecule has 1 aromatic heterocycles. The fourth-order valence-electron chi connectivity index (χ4n) is 1.89. The van der Waals surface area contributed by atoms with Crippen molar-refractivity contribution in [2.45, 2.75) is 26.9 Å². The molecule has 0 aliphatic carbocycles. The maximum absolute atomic E-state index is 5.86. The molecule has 106 valence electrons. The molecule has 0 bridgehead atoms. The Labute approximate surface area is 124 Å². The monoisotopic (exact) mass is 291 g/mol. The van der Waals surface area contributed by atoms with Gasteiger partial charge in [-0.1, -0.05) is 30.7 Å². The van der Waals surface area contributed by atoms with E-state index in [4.69, 9.17) is 16.3 Å². The molecule has 0 unspecified atom stereocenters. The van der Waals surface area contributed by atoms with Crippen molar-refractivity contribution >= 4 is 17.4 Å². The molecule has 1 heterocycles. The van der Waals surface area contributed by atoms with Crippen LogP contribution < -0.4 is 10.1 Å². The molecule has 0 fully saturated rings. The molecule has 0 radical (unpaired) electrons. The van der Waals surface area contributed by atoms with E-state index in [1.165, 1.54) is 6.33 Å². The van der Waals surface area contributed by atoms with Crippen LogP contribution in [-0.4, -0.2) is 16.5 Å². The molecule has 2 aromatic rings. The number of anilines is 1. The van der Waals surface area contributed by atoms with E-state index in [1.807, 2.05) is 31.2 Å². The molecule has 0 aliphatic rings. The highest BCUT2D eigenvalue weighted by Crippen LogP contribution is 2.23.